The summed E-state index contributed by atoms with van der Waals surface area (Å²) in [6.45, 7) is 1.99. The molecule has 0 radical (unpaired) electrons. The number of carbonyl (C=O) groups is 1. The maximum atomic E-state index is 12.2. The first kappa shape index (κ1) is 19.2. The van der Waals surface area contributed by atoms with Gasteiger partial charge in [-0.1, -0.05) is 23.2 Å². The van der Waals surface area contributed by atoms with Crippen LogP contribution in [0.4, 0.5) is 0 Å². The maximum absolute atomic E-state index is 12.2. The summed E-state index contributed by atoms with van der Waals surface area (Å²) in [7, 11) is 0. The lowest BCUT2D eigenvalue weighted by Gasteiger charge is -2.02. The SMILES string of the molecule is Cc1cc(C2=N/C(=C\c3ccc(-c4ccc(Cl)c(Cl)c4)o3)C(=O)O2)ccc1I. The second-order valence-corrected chi connectivity index (χ2v) is 8.11. The molecule has 1 aliphatic rings. The first-order valence-electron chi connectivity index (χ1n) is 8.25. The lowest BCUT2D eigenvalue weighted by Crippen LogP contribution is -2.05. The number of halogens is 3. The van der Waals surface area contributed by atoms with Crippen LogP contribution in [0.2, 0.25) is 10.0 Å². The monoisotopic (exact) mass is 523 g/mol. The third-order valence-electron chi connectivity index (χ3n) is 4.14. The van der Waals surface area contributed by atoms with Gasteiger partial charge in [-0.3, -0.25) is 0 Å². The largest absolute Gasteiger partial charge is 0.457 e. The molecule has 0 saturated heterocycles. The van der Waals surface area contributed by atoms with Crippen LogP contribution < -0.4 is 0 Å². The molecule has 1 aromatic heterocycles. The molecule has 4 rings (SSSR count). The number of aliphatic imine (C=N–C) groups is 1. The maximum Gasteiger partial charge on any atom is 0.363 e. The summed E-state index contributed by atoms with van der Waals surface area (Å²) < 4.78 is 12.2. The van der Waals surface area contributed by atoms with Crippen LogP contribution >= 0.6 is 45.8 Å². The van der Waals surface area contributed by atoms with Crippen LogP contribution in [-0.4, -0.2) is 11.9 Å². The molecule has 0 spiro atoms. The smallest absolute Gasteiger partial charge is 0.363 e. The topological polar surface area (TPSA) is 51.8 Å². The van der Waals surface area contributed by atoms with Crippen molar-refractivity contribution in [1.82, 2.24) is 0 Å². The van der Waals surface area contributed by atoms with E-state index in [1.807, 2.05) is 31.2 Å². The summed E-state index contributed by atoms with van der Waals surface area (Å²) in [4.78, 5) is 16.5. The number of carbonyl (C=O) groups excluding carboxylic acids is 1. The van der Waals surface area contributed by atoms with E-state index in [0.717, 1.165) is 20.3 Å². The number of rotatable bonds is 3. The fourth-order valence-electron chi connectivity index (χ4n) is 2.68. The molecule has 0 aliphatic carbocycles. The molecule has 140 valence electrons. The summed E-state index contributed by atoms with van der Waals surface area (Å²) >= 11 is 14.3. The first-order chi connectivity index (χ1) is 13.4. The standard InChI is InChI=1S/C21H12Cl2INO3/c1-11-8-13(3-6-17(11)24)20-25-18(21(26)28-20)10-14-4-7-19(27-14)12-2-5-15(22)16(23)9-12/h2-10H,1H3/b18-10-. The predicted octanol–water partition coefficient (Wildman–Crippen LogP) is 6.51. The molecular weight excluding hydrogens is 512 g/mol. The molecule has 2 aromatic carbocycles. The van der Waals surface area contributed by atoms with Gasteiger partial charge in [-0.25, -0.2) is 9.79 Å². The van der Waals surface area contributed by atoms with Gasteiger partial charge >= 0.3 is 5.97 Å². The van der Waals surface area contributed by atoms with Crippen molar-refractivity contribution in [3.8, 4) is 11.3 Å². The Labute approximate surface area is 185 Å². The highest BCUT2D eigenvalue weighted by molar-refractivity contribution is 14.1. The van der Waals surface area contributed by atoms with Crippen molar-refractivity contribution in [1.29, 1.82) is 0 Å². The van der Waals surface area contributed by atoms with Gasteiger partial charge in [0.25, 0.3) is 0 Å². The zero-order chi connectivity index (χ0) is 19.8. The number of benzene rings is 2. The third-order valence-corrected chi connectivity index (χ3v) is 6.08. The quantitative estimate of drug-likeness (QED) is 0.223. The number of hydrogen-bond acceptors (Lipinski definition) is 4. The van der Waals surface area contributed by atoms with E-state index >= 15 is 0 Å². The molecule has 0 amide bonds. The lowest BCUT2D eigenvalue weighted by atomic mass is 10.1. The normalized spacial score (nSPS) is 15.1. The molecule has 0 atom stereocenters. The Morgan fingerprint density at radius 3 is 2.54 bits per heavy atom. The van der Waals surface area contributed by atoms with Gasteiger partial charge in [0.1, 0.15) is 11.5 Å². The van der Waals surface area contributed by atoms with Crippen molar-refractivity contribution < 1.29 is 13.9 Å². The van der Waals surface area contributed by atoms with Crippen molar-refractivity contribution in [2.45, 2.75) is 6.92 Å². The fraction of sp³-hybridized carbons (Fsp3) is 0.0476. The molecule has 2 heterocycles. The minimum absolute atomic E-state index is 0.182. The van der Waals surface area contributed by atoms with E-state index in [1.54, 1.807) is 30.3 Å². The molecule has 0 fully saturated rings. The minimum atomic E-state index is -0.515. The first-order valence-corrected chi connectivity index (χ1v) is 10.1. The predicted molar refractivity (Wildman–Crippen MR) is 119 cm³/mol. The highest BCUT2D eigenvalue weighted by Gasteiger charge is 2.25. The Kier molecular flexibility index (Phi) is 5.31. The Hall–Kier alpha value is -2.09. The van der Waals surface area contributed by atoms with E-state index in [1.165, 1.54) is 0 Å². The summed E-state index contributed by atoms with van der Waals surface area (Å²) in [5, 5.41) is 0.914. The molecule has 0 N–H and O–H groups in total. The number of nitrogens with zero attached hydrogens (tertiary/aromatic N) is 1. The van der Waals surface area contributed by atoms with Crippen molar-refractivity contribution in [3.05, 3.63) is 84.7 Å². The van der Waals surface area contributed by atoms with Gasteiger partial charge in [0.15, 0.2) is 5.70 Å². The number of cyclic esters (lactones) is 1. The average Bonchev–Trinajstić information content (AvgIpc) is 3.27. The molecule has 1 aliphatic heterocycles. The highest BCUT2D eigenvalue weighted by Crippen LogP contribution is 2.30. The molecule has 4 nitrogen and oxygen atoms in total. The molecule has 7 heteroatoms. The van der Waals surface area contributed by atoms with E-state index in [4.69, 9.17) is 32.4 Å². The zero-order valence-corrected chi connectivity index (χ0v) is 18.2. The van der Waals surface area contributed by atoms with Crippen molar-refractivity contribution in [2.24, 2.45) is 4.99 Å². The van der Waals surface area contributed by atoms with Crippen molar-refractivity contribution in [3.63, 3.8) is 0 Å². The van der Waals surface area contributed by atoms with Crippen LogP contribution in [-0.2, 0) is 9.53 Å². The van der Waals surface area contributed by atoms with Gasteiger partial charge < -0.3 is 9.15 Å². The Bertz CT molecular complexity index is 1160. The molecule has 3 aromatic rings. The van der Waals surface area contributed by atoms with Crippen LogP contribution in [0.1, 0.15) is 16.9 Å². The van der Waals surface area contributed by atoms with Gasteiger partial charge in [-0.15, -0.1) is 0 Å². The summed E-state index contributed by atoms with van der Waals surface area (Å²) in [6, 6.07) is 14.5. The number of hydrogen-bond donors (Lipinski definition) is 0. The van der Waals surface area contributed by atoms with E-state index in [-0.39, 0.29) is 11.6 Å². The zero-order valence-electron chi connectivity index (χ0n) is 14.5. The number of ether oxygens (including phenoxy) is 1. The van der Waals surface area contributed by atoms with Gasteiger partial charge in [0.05, 0.1) is 10.0 Å². The van der Waals surface area contributed by atoms with Gasteiger partial charge in [0.2, 0.25) is 5.90 Å². The Morgan fingerprint density at radius 2 is 1.79 bits per heavy atom. The average molecular weight is 524 g/mol. The van der Waals surface area contributed by atoms with Crippen LogP contribution in [0.3, 0.4) is 0 Å². The molecule has 0 unspecified atom stereocenters. The van der Waals surface area contributed by atoms with Crippen LogP contribution in [0.15, 0.2) is 63.6 Å². The lowest BCUT2D eigenvalue weighted by molar-refractivity contribution is -0.129. The highest BCUT2D eigenvalue weighted by atomic mass is 127. The molecule has 0 saturated carbocycles. The minimum Gasteiger partial charge on any atom is -0.457 e. The second kappa shape index (κ2) is 7.73. The summed E-state index contributed by atoms with van der Waals surface area (Å²) in [5.41, 5.74) is 2.81. The van der Waals surface area contributed by atoms with E-state index in [9.17, 15) is 4.79 Å². The number of esters is 1. The van der Waals surface area contributed by atoms with Gasteiger partial charge in [0, 0.05) is 20.8 Å². The van der Waals surface area contributed by atoms with Crippen LogP contribution in [0.5, 0.6) is 0 Å². The summed E-state index contributed by atoms with van der Waals surface area (Å²) in [6.07, 6.45) is 1.55. The van der Waals surface area contributed by atoms with Crippen molar-refractivity contribution in [2.75, 3.05) is 0 Å². The second-order valence-electron chi connectivity index (χ2n) is 6.13. The van der Waals surface area contributed by atoms with Crippen LogP contribution in [0, 0.1) is 10.5 Å². The van der Waals surface area contributed by atoms with Gasteiger partial charge in [-0.2, -0.15) is 0 Å². The fourth-order valence-corrected chi connectivity index (χ4v) is 3.31. The van der Waals surface area contributed by atoms with Crippen molar-refractivity contribution >= 4 is 63.7 Å². The molecular formula is C21H12Cl2INO3. The summed E-state index contributed by atoms with van der Waals surface area (Å²) in [5.74, 6) is 0.858. The molecule has 0 bridgehead atoms. The molecule has 28 heavy (non-hydrogen) atoms. The van der Waals surface area contributed by atoms with E-state index in [2.05, 4.69) is 27.6 Å². The van der Waals surface area contributed by atoms with E-state index in [0.29, 0.717) is 21.6 Å². The van der Waals surface area contributed by atoms with Gasteiger partial charge in [-0.05, 0) is 83.6 Å². The number of aryl methyl sites for hydroxylation is 1. The number of furan rings is 1. The third kappa shape index (κ3) is 3.87. The van der Waals surface area contributed by atoms with E-state index < -0.39 is 5.97 Å². The Balaban J connectivity index is 1.62. The Morgan fingerprint density at radius 1 is 1.00 bits per heavy atom. The van der Waals surface area contributed by atoms with Crippen LogP contribution in [0.25, 0.3) is 17.4 Å².